The van der Waals surface area contributed by atoms with Crippen LogP contribution in [0.15, 0.2) is 42.5 Å². The Kier molecular flexibility index (Phi) is 4.20. The Morgan fingerprint density at radius 3 is 2.55 bits per heavy atom. The molecule has 104 valence electrons. The van der Waals surface area contributed by atoms with Gasteiger partial charge in [0.1, 0.15) is 11.6 Å². The number of aromatic hydroxyl groups is 1. The summed E-state index contributed by atoms with van der Waals surface area (Å²) in [6.45, 7) is 0.304. The summed E-state index contributed by atoms with van der Waals surface area (Å²) in [6.07, 6.45) is 0.199. The molecule has 0 unspecified atom stereocenters. The maximum atomic E-state index is 13.1. The molecule has 2 aromatic carbocycles. The smallest absolute Gasteiger partial charge is 0.221 e. The van der Waals surface area contributed by atoms with E-state index in [0.29, 0.717) is 12.1 Å². The van der Waals surface area contributed by atoms with Gasteiger partial charge in [-0.3, -0.25) is 4.79 Å². The summed E-state index contributed by atoms with van der Waals surface area (Å²) < 4.78 is 13.1. The molecule has 4 nitrogen and oxygen atoms in total. The van der Waals surface area contributed by atoms with Gasteiger partial charge >= 0.3 is 0 Å². The molecule has 0 aliphatic carbocycles. The van der Waals surface area contributed by atoms with Gasteiger partial charge < -0.3 is 16.2 Å². The van der Waals surface area contributed by atoms with Gasteiger partial charge in [-0.25, -0.2) is 4.39 Å². The summed E-state index contributed by atoms with van der Waals surface area (Å²) >= 11 is 0. The molecule has 0 heterocycles. The molecule has 0 saturated heterocycles. The Hall–Kier alpha value is -2.56. The lowest BCUT2D eigenvalue weighted by Gasteiger charge is -2.09. The van der Waals surface area contributed by atoms with Crippen molar-refractivity contribution in [2.24, 2.45) is 5.73 Å². The number of anilines is 1. The van der Waals surface area contributed by atoms with E-state index >= 15 is 0 Å². The number of carbonyl (C=O) groups excluding carboxylic acids is 1. The molecule has 0 aromatic heterocycles. The van der Waals surface area contributed by atoms with Crippen LogP contribution in [0, 0.1) is 5.82 Å². The highest BCUT2D eigenvalue weighted by Gasteiger charge is 2.03. The van der Waals surface area contributed by atoms with E-state index in [-0.39, 0.29) is 18.1 Å². The lowest BCUT2D eigenvalue weighted by molar-refractivity contribution is -0.117. The molecular formula is C15H15FN2O2. The third kappa shape index (κ3) is 3.71. The molecule has 0 bridgehead atoms. The summed E-state index contributed by atoms with van der Waals surface area (Å²) in [5, 5.41) is 12.7. The van der Waals surface area contributed by atoms with Gasteiger partial charge in [0, 0.05) is 17.8 Å². The molecule has 0 radical (unpaired) electrons. The van der Waals surface area contributed by atoms with Gasteiger partial charge in [-0.1, -0.05) is 12.1 Å². The summed E-state index contributed by atoms with van der Waals surface area (Å²) in [7, 11) is 0. The minimum Gasteiger partial charge on any atom is -0.508 e. The lowest BCUT2D eigenvalue weighted by atomic mass is 10.1. The van der Waals surface area contributed by atoms with E-state index in [1.54, 1.807) is 24.3 Å². The molecule has 0 saturated carbocycles. The van der Waals surface area contributed by atoms with Crippen LogP contribution in [0.25, 0.3) is 0 Å². The fourth-order valence-electron chi connectivity index (χ4n) is 1.83. The molecule has 5 heteroatoms. The number of benzene rings is 2. The van der Waals surface area contributed by atoms with E-state index in [9.17, 15) is 14.3 Å². The topological polar surface area (TPSA) is 75.4 Å². The molecule has 0 spiro atoms. The first kappa shape index (κ1) is 13.9. The summed E-state index contributed by atoms with van der Waals surface area (Å²) in [5.74, 6) is -0.726. The zero-order chi connectivity index (χ0) is 14.5. The predicted octanol–water partition coefficient (Wildman–Crippen LogP) is 2.17. The van der Waals surface area contributed by atoms with Crippen LogP contribution in [0.3, 0.4) is 0 Å². The van der Waals surface area contributed by atoms with Crippen LogP contribution >= 0.6 is 0 Å². The van der Waals surface area contributed by atoms with Crippen molar-refractivity contribution in [3.8, 4) is 5.75 Å². The van der Waals surface area contributed by atoms with Crippen molar-refractivity contribution in [3.63, 3.8) is 0 Å². The quantitative estimate of drug-likeness (QED) is 0.782. The molecule has 2 aromatic rings. The van der Waals surface area contributed by atoms with Crippen molar-refractivity contribution >= 4 is 11.6 Å². The molecule has 20 heavy (non-hydrogen) atoms. The molecule has 0 aliphatic rings. The van der Waals surface area contributed by atoms with Crippen LogP contribution in [-0.4, -0.2) is 11.0 Å². The van der Waals surface area contributed by atoms with Crippen molar-refractivity contribution in [3.05, 3.63) is 59.4 Å². The highest BCUT2D eigenvalue weighted by atomic mass is 19.1. The normalized spacial score (nSPS) is 10.2. The summed E-state index contributed by atoms with van der Waals surface area (Å²) in [4.78, 5) is 10.8. The zero-order valence-corrected chi connectivity index (χ0v) is 10.8. The Bertz CT molecular complexity index is 612. The Morgan fingerprint density at radius 2 is 1.90 bits per heavy atom. The number of nitrogens with one attached hydrogen (secondary N) is 1. The van der Waals surface area contributed by atoms with Gasteiger partial charge in [0.05, 0.1) is 6.42 Å². The number of halogens is 1. The van der Waals surface area contributed by atoms with Gasteiger partial charge in [-0.05, 0) is 35.9 Å². The van der Waals surface area contributed by atoms with E-state index in [2.05, 4.69) is 5.32 Å². The zero-order valence-electron chi connectivity index (χ0n) is 10.8. The number of rotatable bonds is 5. The van der Waals surface area contributed by atoms with E-state index in [0.717, 1.165) is 11.3 Å². The largest absolute Gasteiger partial charge is 0.508 e. The number of primary amides is 1. The number of phenolic OH excluding ortho intramolecular Hbond substituents is 1. The van der Waals surface area contributed by atoms with Crippen LogP contribution in [0.4, 0.5) is 10.1 Å². The van der Waals surface area contributed by atoms with Crippen LogP contribution in [-0.2, 0) is 17.8 Å². The minimum atomic E-state index is -0.392. The van der Waals surface area contributed by atoms with E-state index < -0.39 is 5.82 Å². The first-order valence-electron chi connectivity index (χ1n) is 6.13. The number of hydrogen-bond donors (Lipinski definition) is 3. The average Bonchev–Trinajstić information content (AvgIpc) is 2.41. The molecule has 0 atom stereocenters. The van der Waals surface area contributed by atoms with Gasteiger partial charge in [0.15, 0.2) is 0 Å². The number of carbonyl (C=O) groups is 1. The van der Waals surface area contributed by atoms with Crippen LogP contribution in [0.1, 0.15) is 11.1 Å². The number of amides is 1. The monoisotopic (exact) mass is 274 g/mol. The van der Waals surface area contributed by atoms with Crippen molar-refractivity contribution in [1.82, 2.24) is 0 Å². The number of hydrogen-bond acceptors (Lipinski definition) is 3. The van der Waals surface area contributed by atoms with Gasteiger partial charge in [-0.2, -0.15) is 0 Å². The van der Waals surface area contributed by atoms with Gasteiger partial charge in [0.25, 0.3) is 0 Å². The van der Waals surface area contributed by atoms with Crippen LogP contribution in [0.5, 0.6) is 5.75 Å². The fourth-order valence-corrected chi connectivity index (χ4v) is 1.83. The highest BCUT2D eigenvalue weighted by molar-refractivity contribution is 5.76. The minimum absolute atomic E-state index is 0.0456. The van der Waals surface area contributed by atoms with Crippen molar-refractivity contribution in [1.29, 1.82) is 0 Å². The maximum absolute atomic E-state index is 13.1. The van der Waals surface area contributed by atoms with E-state index in [4.69, 9.17) is 5.73 Å². The average molecular weight is 274 g/mol. The lowest BCUT2D eigenvalue weighted by Crippen LogP contribution is -2.13. The van der Waals surface area contributed by atoms with Crippen molar-refractivity contribution in [2.45, 2.75) is 13.0 Å². The predicted molar refractivity (Wildman–Crippen MR) is 74.7 cm³/mol. The summed E-state index contributed by atoms with van der Waals surface area (Å²) in [5.41, 5.74) is 7.23. The molecule has 4 N–H and O–H groups in total. The van der Waals surface area contributed by atoms with Gasteiger partial charge in [0.2, 0.25) is 5.91 Å². The summed E-state index contributed by atoms with van der Waals surface area (Å²) in [6, 6.07) is 11.0. The second-order valence-corrected chi connectivity index (χ2v) is 4.47. The SMILES string of the molecule is NC(=O)Cc1ccc(NCc2cc(F)ccc2O)cc1. The third-order valence-electron chi connectivity index (χ3n) is 2.86. The first-order valence-corrected chi connectivity index (χ1v) is 6.13. The number of phenols is 1. The fraction of sp³-hybridized carbons (Fsp3) is 0.133. The molecule has 2 rings (SSSR count). The van der Waals surface area contributed by atoms with Crippen molar-refractivity contribution in [2.75, 3.05) is 5.32 Å². The molecule has 0 fully saturated rings. The second kappa shape index (κ2) is 6.06. The Morgan fingerprint density at radius 1 is 1.20 bits per heavy atom. The van der Waals surface area contributed by atoms with Crippen LogP contribution in [0.2, 0.25) is 0 Å². The third-order valence-corrected chi connectivity index (χ3v) is 2.86. The van der Waals surface area contributed by atoms with E-state index in [1.807, 2.05) is 0 Å². The Labute approximate surface area is 116 Å². The highest BCUT2D eigenvalue weighted by Crippen LogP contribution is 2.19. The molecule has 1 amide bonds. The van der Waals surface area contributed by atoms with Gasteiger partial charge in [-0.15, -0.1) is 0 Å². The maximum Gasteiger partial charge on any atom is 0.221 e. The molecule has 0 aliphatic heterocycles. The first-order chi connectivity index (χ1) is 9.54. The van der Waals surface area contributed by atoms with Crippen LogP contribution < -0.4 is 11.1 Å². The molecular weight excluding hydrogens is 259 g/mol. The van der Waals surface area contributed by atoms with E-state index in [1.165, 1.54) is 18.2 Å². The standard InChI is InChI=1S/C15H15FN2O2/c16-12-3-6-14(19)11(8-12)9-18-13-4-1-10(2-5-13)7-15(17)20/h1-6,8,18-19H,7,9H2,(H2,17,20). The Balaban J connectivity index is 2.00. The van der Waals surface area contributed by atoms with Crippen molar-refractivity contribution < 1.29 is 14.3 Å². The number of nitrogens with two attached hydrogens (primary N) is 1. The second-order valence-electron chi connectivity index (χ2n) is 4.47.